The number of thiazole rings is 1. The number of aromatic nitrogens is 1. The van der Waals surface area contributed by atoms with E-state index >= 15 is 0 Å². The number of rotatable bonds is 5. The lowest BCUT2D eigenvalue weighted by molar-refractivity contribution is 0.598. The van der Waals surface area contributed by atoms with Gasteiger partial charge in [-0.1, -0.05) is 36.7 Å². The number of benzene rings is 2. The van der Waals surface area contributed by atoms with E-state index in [2.05, 4.69) is 4.98 Å². The van der Waals surface area contributed by atoms with Crippen molar-refractivity contribution in [2.75, 3.05) is 6.54 Å². The van der Waals surface area contributed by atoms with Gasteiger partial charge in [0.2, 0.25) is 10.0 Å². The Hall–Kier alpha value is -1.22. The fourth-order valence-electron chi connectivity index (χ4n) is 2.81. The summed E-state index contributed by atoms with van der Waals surface area (Å²) in [5.74, 6) is 0.00329. The van der Waals surface area contributed by atoms with Gasteiger partial charge in [-0.15, -0.1) is 23.7 Å². The molecule has 1 aromatic heterocycles. The van der Waals surface area contributed by atoms with Gasteiger partial charge >= 0.3 is 0 Å². The highest BCUT2D eigenvalue weighted by Crippen LogP contribution is 2.36. The van der Waals surface area contributed by atoms with E-state index in [-0.39, 0.29) is 23.2 Å². The number of nitrogens with zero attached hydrogens (tertiary/aromatic N) is 1. The topological polar surface area (TPSA) is 99.1 Å². The molecule has 26 heavy (non-hydrogen) atoms. The van der Waals surface area contributed by atoms with Crippen LogP contribution in [0.3, 0.4) is 0 Å². The van der Waals surface area contributed by atoms with Crippen molar-refractivity contribution in [3.8, 4) is 0 Å². The number of halogens is 2. The minimum Gasteiger partial charge on any atom is -0.330 e. The highest BCUT2D eigenvalue weighted by atomic mass is 35.5. The van der Waals surface area contributed by atoms with Gasteiger partial charge in [-0.2, -0.15) is 0 Å². The summed E-state index contributed by atoms with van der Waals surface area (Å²) in [7, 11) is -3.83. The fourth-order valence-corrected chi connectivity index (χ4v) is 5.11. The minimum absolute atomic E-state index is 0. The number of hydrogen-bond acceptors (Lipinski definition) is 5. The van der Waals surface area contributed by atoms with Crippen molar-refractivity contribution >= 4 is 55.6 Å². The van der Waals surface area contributed by atoms with Gasteiger partial charge in [-0.25, -0.2) is 18.5 Å². The Morgan fingerprint density at radius 3 is 2.62 bits per heavy atom. The van der Waals surface area contributed by atoms with Gasteiger partial charge in [0.25, 0.3) is 0 Å². The molecular formula is C17H19Cl2N3O2S2. The molecule has 2 aromatic carbocycles. The van der Waals surface area contributed by atoms with Crippen LogP contribution in [0.5, 0.6) is 0 Å². The van der Waals surface area contributed by atoms with Crippen LogP contribution in [-0.2, 0) is 16.4 Å². The highest BCUT2D eigenvalue weighted by molar-refractivity contribution is 7.89. The molecule has 0 bridgehead atoms. The summed E-state index contributed by atoms with van der Waals surface area (Å²) in [6.45, 7) is 2.49. The summed E-state index contributed by atoms with van der Waals surface area (Å²) in [4.78, 5) is 4.73. The molecule has 0 saturated heterocycles. The van der Waals surface area contributed by atoms with Crippen molar-refractivity contribution in [3.63, 3.8) is 0 Å². The van der Waals surface area contributed by atoms with Gasteiger partial charge in [0.1, 0.15) is 4.90 Å². The summed E-state index contributed by atoms with van der Waals surface area (Å²) in [6, 6.07) is 10.9. The standard InChI is InChI=1S/C17H18ClN3O2S2.ClH/c1-10(11-3-2-4-12(18)9-11)13-5-6-14(25(20,22)23)17-16(13)21-15(24-17)7-8-19;/h2-6,9-10H,7-8,19H2,1H3,(H2,20,22,23);1H. The molecular weight excluding hydrogens is 413 g/mol. The molecule has 1 unspecified atom stereocenters. The van der Waals surface area contributed by atoms with Gasteiger partial charge in [0.15, 0.2) is 0 Å². The molecule has 0 saturated carbocycles. The van der Waals surface area contributed by atoms with Crippen LogP contribution in [-0.4, -0.2) is 19.9 Å². The van der Waals surface area contributed by atoms with Crippen molar-refractivity contribution in [2.24, 2.45) is 10.9 Å². The number of nitrogens with two attached hydrogens (primary N) is 2. The van der Waals surface area contributed by atoms with Crippen LogP contribution in [0.15, 0.2) is 41.3 Å². The lowest BCUT2D eigenvalue weighted by Gasteiger charge is -2.14. The lowest BCUT2D eigenvalue weighted by Crippen LogP contribution is -2.12. The average molecular weight is 432 g/mol. The van der Waals surface area contributed by atoms with Crippen molar-refractivity contribution in [2.45, 2.75) is 24.2 Å². The van der Waals surface area contributed by atoms with Gasteiger partial charge in [-0.3, -0.25) is 0 Å². The van der Waals surface area contributed by atoms with Gasteiger partial charge < -0.3 is 5.73 Å². The molecule has 3 rings (SSSR count). The molecule has 0 fully saturated rings. The third-order valence-electron chi connectivity index (χ3n) is 4.06. The first kappa shape index (κ1) is 21.1. The lowest BCUT2D eigenvalue weighted by atomic mass is 9.92. The Morgan fingerprint density at radius 2 is 2.00 bits per heavy atom. The van der Waals surface area contributed by atoms with Gasteiger partial charge in [-0.05, 0) is 35.9 Å². The average Bonchev–Trinajstić information content (AvgIpc) is 2.96. The zero-order valence-electron chi connectivity index (χ0n) is 14.0. The Morgan fingerprint density at radius 1 is 1.27 bits per heavy atom. The smallest absolute Gasteiger partial charge is 0.239 e. The molecule has 3 aromatic rings. The monoisotopic (exact) mass is 431 g/mol. The molecule has 1 atom stereocenters. The molecule has 0 aliphatic carbocycles. The van der Waals surface area contributed by atoms with Gasteiger partial charge in [0.05, 0.1) is 15.2 Å². The molecule has 0 spiro atoms. The first-order chi connectivity index (χ1) is 11.8. The second kappa shape index (κ2) is 8.21. The molecule has 0 radical (unpaired) electrons. The molecule has 5 nitrogen and oxygen atoms in total. The van der Waals surface area contributed by atoms with E-state index in [1.54, 1.807) is 12.1 Å². The van der Waals surface area contributed by atoms with Crippen LogP contribution < -0.4 is 10.9 Å². The van der Waals surface area contributed by atoms with E-state index < -0.39 is 10.0 Å². The Kier molecular flexibility index (Phi) is 6.65. The molecule has 1 heterocycles. The Balaban J connectivity index is 0.00000243. The van der Waals surface area contributed by atoms with E-state index in [1.807, 2.05) is 31.2 Å². The molecule has 9 heteroatoms. The molecule has 140 valence electrons. The Bertz CT molecular complexity index is 1040. The fraction of sp³-hybridized carbons (Fsp3) is 0.235. The van der Waals surface area contributed by atoms with Crippen molar-refractivity contribution in [3.05, 3.63) is 57.6 Å². The SMILES string of the molecule is CC(c1cccc(Cl)c1)c1ccc(S(N)(=O)=O)c2sc(CCN)nc12.Cl. The third-order valence-corrected chi connectivity index (χ3v) is 6.53. The highest BCUT2D eigenvalue weighted by Gasteiger charge is 2.21. The van der Waals surface area contributed by atoms with E-state index in [0.29, 0.717) is 28.2 Å². The minimum atomic E-state index is -3.83. The van der Waals surface area contributed by atoms with Crippen LogP contribution >= 0.6 is 35.3 Å². The number of hydrogen-bond donors (Lipinski definition) is 2. The van der Waals surface area contributed by atoms with Crippen LogP contribution in [0.25, 0.3) is 10.2 Å². The summed E-state index contributed by atoms with van der Waals surface area (Å²) < 4.78 is 24.4. The summed E-state index contributed by atoms with van der Waals surface area (Å²) in [5, 5.41) is 6.83. The maximum atomic E-state index is 11.9. The summed E-state index contributed by atoms with van der Waals surface area (Å²) in [6.07, 6.45) is 0.592. The maximum absolute atomic E-state index is 11.9. The predicted molar refractivity (Wildman–Crippen MR) is 110 cm³/mol. The molecule has 0 amide bonds. The predicted octanol–water partition coefficient (Wildman–Crippen LogP) is 3.67. The van der Waals surface area contributed by atoms with Crippen molar-refractivity contribution in [1.29, 1.82) is 0 Å². The molecule has 0 aliphatic heterocycles. The van der Waals surface area contributed by atoms with Crippen LogP contribution in [0.2, 0.25) is 5.02 Å². The van der Waals surface area contributed by atoms with Crippen molar-refractivity contribution < 1.29 is 8.42 Å². The van der Waals surface area contributed by atoms with Crippen LogP contribution in [0, 0.1) is 0 Å². The number of fused-ring (bicyclic) bond motifs is 1. The van der Waals surface area contributed by atoms with E-state index in [9.17, 15) is 8.42 Å². The molecule has 4 N–H and O–H groups in total. The summed E-state index contributed by atoms with van der Waals surface area (Å²) in [5.41, 5.74) is 8.25. The van der Waals surface area contributed by atoms with E-state index in [4.69, 9.17) is 22.5 Å². The van der Waals surface area contributed by atoms with Crippen LogP contribution in [0.4, 0.5) is 0 Å². The Labute approximate surface area is 167 Å². The maximum Gasteiger partial charge on any atom is 0.239 e. The number of primary sulfonamides is 1. The molecule has 0 aliphatic rings. The quantitative estimate of drug-likeness (QED) is 0.643. The van der Waals surface area contributed by atoms with Crippen LogP contribution in [0.1, 0.15) is 29.0 Å². The second-order valence-electron chi connectivity index (χ2n) is 5.80. The first-order valence-corrected chi connectivity index (χ1v) is 10.5. The first-order valence-electron chi connectivity index (χ1n) is 7.72. The third kappa shape index (κ3) is 4.19. The largest absolute Gasteiger partial charge is 0.330 e. The second-order valence-corrected chi connectivity index (χ2v) is 8.85. The van der Waals surface area contributed by atoms with E-state index in [0.717, 1.165) is 16.1 Å². The van der Waals surface area contributed by atoms with Gasteiger partial charge in [0, 0.05) is 17.4 Å². The zero-order valence-corrected chi connectivity index (χ0v) is 17.2. The van der Waals surface area contributed by atoms with E-state index in [1.165, 1.54) is 11.3 Å². The van der Waals surface area contributed by atoms with Crippen molar-refractivity contribution in [1.82, 2.24) is 4.98 Å². The zero-order chi connectivity index (χ0) is 18.2. The number of sulfonamides is 1. The normalized spacial score (nSPS) is 12.8. The summed E-state index contributed by atoms with van der Waals surface area (Å²) >= 11 is 7.43.